The summed E-state index contributed by atoms with van der Waals surface area (Å²) in [5.41, 5.74) is 5.46. The van der Waals surface area contributed by atoms with Crippen LogP contribution in [-0.2, 0) is 4.74 Å². The Morgan fingerprint density at radius 2 is 2.08 bits per heavy atom. The van der Waals surface area contributed by atoms with E-state index in [9.17, 15) is 0 Å². The fraction of sp³-hybridized carbons (Fsp3) is 1.00. The van der Waals surface area contributed by atoms with Crippen LogP contribution >= 0.6 is 0 Å². The molecule has 0 fully saturated rings. The first-order valence-electron chi connectivity index (χ1n) is 4.63. The quantitative estimate of drug-likeness (QED) is 0.594. The van der Waals surface area contributed by atoms with E-state index in [-0.39, 0.29) is 0 Å². The molecule has 74 valence electrons. The third-order valence-electron chi connectivity index (χ3n) is 1.93. The second-order valence-electron chi connectivity index (χ2n) is 3.44. The molecule has 0 aliphatic carbocycles. The smallest absolute Gasteiger partial charge is 0.0488 e. The molecule has 0 aromatic rings. The zero-order valence-electron chi connectivity index (χ0n) is 8.47. The minimum Gasteiger partial charge on any atom is -0.384 e. The molecule has 0 aromatic carbocycles. The molecule has 0 spiro atoms. The first-order chi connectivity index (χ1) is 5.70. The van der Waals surface area contributed by atoms with Gasteiger partial charge in [0.1, 0.15) is 0 Å². The van der Waals surface area contributed by atoms with Gasteiger partial charge < -0.3 is 15.8 Å². The van der Waals surface area contributed by atoms with Gasteiger partial charge in [-0.15, -0.1) is 0 Å². The lowest BCUT2D eigenvalue weighted by molar-refractivity contribution is 0.155. The van der Waals surface area contributed by atoms with E-state index in [1.165, 1.54) is 0 Å². The molecule has 0 amide bonds. The van der Waals surface area contributed by atoms with Crippen LogP contribution in [0.15, 0.2) is 0 Å². The van der Waals surface area contributed by atoms with Crippen molar-refractivity contribution >= 4 is 0 Å². The van der Waals surface area contributed by atoms with Crippen LogP contribution in [0.2, 0.25) is 0 Å². The molecule has 1 unspecified atom stereocenters. The number of ether oxygens (including phenoxy) is 1. The van der Waals surface area contributed by atoms with Crippen LogP contribution in [0.5, 0.6) is 0 Å². The summed E-state index contributed by atoms with van der Waals surface area (Å²) < 4.78 is 5.04. The van der Waals surface area contributed by atoms with Gasteiger partial charge in [0, 0.05) is 26.3 Å². The fourth-order valence-corrected chi connectivity index (χ4v) is 1.03. The summed E-state index contributed by atoms with van der Waals surface area (Å²) in [7, 11) is 1.74. The highest BCUT2D eigenvalue weighted by Gasteiger charge is 2.02. The molecule has 3 N–H and O–H groups in total. The number of rotatable bonds is 7. The van der Waals surface area contributed by atoms with Crippen molar-refractivity contribution in [3.8, 4) is 0 Å². The molecule has 0 saturated carbocycles. The van der Waals surface area contributed by atoms with Crippen LogP contribution in [-0.4, -0.2) is 32.8 Å². The maximum absolute atomic E-state index is 5.46. The SMILES string of the molecule is COCC(C)CCN[C@@H](C)CN. The van der Waals surface area contributed by atoms with Gasteiger partial charge in [-0.2, -0.15) is 0 Å². The monoisotopic (exact) mass is 174 g/mol. The minimum absolute atomic E-state index is 0.430. The molecule has 0 aliphatic rings. The van der Waals surface area contributed by atoms with Gasteiger partial charge in [-0.25, -0.2) is 0 Å². The Morgan fingerprint density at radius 1 is 1.42 bits per heavy atom. The predicted molar refractivity (Wildman–Crippen MR) is 52.2 cm³/mol. The van der Waals surface area contributed by atoms with Crippen LogP contribution < -0.4 is 11.1 Å². The Morgan fingerprint density at radius 3 is 2.58 bits per heavy atom. The zero-order chi connectivity index (χ0) is 9.40. The van der Waals surface area contributed by atoms with E-state index < -0.39 is 0 Å². The highest BCUT2D eigenvalue weighted by molar-refractivity contribution is 4.62. The first kappa shape index (κ1) is 11.9. The molecule has 3 nitrogen and oxygen atoms in total. The van der Waals surface area contributed by atoms with Gasteiger partial charge in [-0.3, -0.25) is 0 Å². The van der Waals surface area contributed by atoms with Crippen LogP contribution in [0.1, 0.15) is 20.3 Å². The average Bonchev–Trinajstić information content (AvgIpc) is 2.04. The standard InChI is InChI=1S/C9H22N2O/c1-8(7-12-3)4-5-11-9(2)6-10/h8-9,11H,4-7,10H2,1-3H3/t8?,9-/m0/s1. The van der Waals surface area contributed by atoms with Crippen LogP contribution in [0.25, 0.3) is 0 Å². The van der Waals surface area contributed by atoms with E-state index in [0.717, 1.165) is 19.6 Å². The van der Waals surface area contributed by atoms with Crippen molar-refractivity contribution in [2.75, 3.05) is 26.8 Å². The molecule has 0 saturated heterocycles. The highest BCUT2D eigenvalue weighted by Crippen LogP contribution is 1.99. The van der Waals surface area contributed by atoms with Crippen molar-refractivity contribution in [3.63, 3.8) is 0 Å². The summed E-state index contributed by atoms with van der Waals surface area (Å²) in [5, 5.41) is 3.34. The molecular formula is C9H22N2O. The maximum atomic E-state index is 5.46. The lowest BCUT2D eigenvalue weighted by Gasteiger charge is -2.14. The van der Waals surface area contributed by atoms with Gasteiger partial charge in [0.05, 0.1) is 0 Å². The van der Waals surface area contributed by atoms with Crippen molar-refractivity contribution in [1.82, 2.24) is 5.32 Å². The number of methoxy groups -OCH3 is 1. The Labute approximate surface area is 75.7 Å². The van der Waals surface area contributed by atoms with Crippen molar-refractivity contribution < 1.29 is 4.74 Å². The minimum atomic E-state index is 0.430. The Hall–Kier alpha value is -0.120. The van der Waals surface area contributed by atoms with Gasteiger partial charge in [0.2, 0.25) is 0 Å². The number of hydrogen-bond acceptors (Lipinski definition) is 3. The molecule has 0 rings (SSSR count). The third kappa shape index (κ3) is 6.58. The molecule has 0 bridgehead atoms. The van der Waals surface area contributed by atoms with E-state index in [1.54, 1.807) is 7.11 Å². The van der Waals surface area contributed by atoms with E-state index in [2.05, 4.69) is 19.2 Å². The van der Waals surface area contributed by atoms with Gasteiger partial charge >= 0.3 is 0 Å². The largest absolute Gasteiger partial charge is 0.384 e. The van der Waals surface area contributed by atoms with E-state index in [1.807, 2.05) is 0 Å². The van der Waals surface area contributed by atoms with E-state index >= 15 is 0 Å². The molecule has 0 aromatic heterocycles. The van der Waals surface area contributed by atoms with E-state index in [0.29, 0.717) is 18.5 Å². The molecule has 0 heterocycles. The van der Waals surface area contributed by atoms with Gasteiger partial charge in [-0.1, -0.05) is 6.92 Å². The Bertz CT molecular complexity index is 98.5. The molecular weight excluding hydrogens is 152 g/mol. The van der Waals surface area contributed by atoms with Gasteiger partial charge in [0.15, 0.2) is 0 Å². The third-order valence-corrected chi connectivity index (χ3v) is 1.93. The summed E-state index contributed by atoms with van der Waals surface area (Å²) >= 11 is 0. The molecule has 0 aliphatic heterocycles. The van der Waals surface area contributed by atoms with Crippen LogP contribution in [0.3, 0.4) is 0 Å². The molecule has 2 atom stereocenters. The lowest BCUT2D eigenvalue weighted by Crippen LogP contribution is -2.34. The van der Waals surface area contributed by atoms with Crippen LogP contribution in [0, 0.1) is 5.92 Å². The number of hydrogen-bond donors (Lipinski definition) is 2. The Kier molecular flexibility index (Phi) is 7.45. The Balaban J connectivity index is 3.18. The number of nitrogens with two attached hydrogens (primary N) is 1. The highest BCUT2D eigenvalue weighted by atomic mass is 16.5. The fourth-order valence-electron chi connectivity index (χ4n) is 1.03. The summed E-state index contributed by atoms with van der Waals surface area (Å²) in [6.45, 7) is 6.87. The maximum Gasteiger partial charge on any atom is 0.0488 e. The van der Waals surface area contributed by atoms with Crippen molar-refractivity contribution in [2.24, 2.45) is 11.7 Å². The average molecular weight is 174 g/mol. The molecule has 0 radical (unpaired) electrons. The lowest BCUT2D eigenvalue weighted by atomic mass is 10.1. The van der Waals surface area contributed by atoms with Gasteiger partial charge in [-0.05, 0) is 25.8 Å². The topological polar surface area (TPSA) is 47.3 Å². The first-order valence-corrected chi connectivity index (χ1v) is 4.63. The van der Waals surface area contributed by atoms with Crippen molar-refractivity contribution in [2.45, 2.75) is 26.3 Å². The normalized spacial score (nSPS) is 16.0. The predicted octanol–water partition coefficient (Wildman–Crippen LogP) is 0.596. The van der Waals surface area contributed by atoms with Crippen molar-refractivity contribution in [3.05, 3.63) is 0 Å². The second-order valence-corrected chi connectivity index (χ2v) is 3.44. The summed E-state index contributed by atoms with van der Waals surface area (Å²) in [6.07, 6.45) is 1.15. The molecule has 12 heavy (non-hydrogen) atoms. The number of nitrogens with one attached hydrogen (secondary N) is 1. The van der Waals surface area contributed by atoms with Crippen molar-refractivity contribution in [1.29, 1.82) is 0 Å². The molecule has 3 heteroatoms. The second kappa shape index (κ2) is 7.53. The summed E-state index contributed by atoms with van der Waals surface area (Å²) in [4.78, 5) is 0. The van der Waals surface area contributed by atoms with Crippen LogP contribution in [0.4, 0.5) is 0 Å². The summed E-state index contributed by atoms with van der Waals surface area (Å²) in [5.74, 6) is 0.632. The zero-order valence-corrected chi connectivity index (χ0v) is 8.47. The van der Waals surface area contributed by atoms with Gasteiger partial charge in [0.25, 0.3) is 0 Å². The summed E-state index contributed by atoms with van der Waals surface area (Å²) in [6, 6.07) is 0.430. The van der Waals surface area contributed by atoms with E-state index in [4.69, 9.17) is 10.5 Å².